The summed E-state index contributed by atoms with van der Waals surface area (Å²) < 4.78 is 27.2. The van der Waals surface area contributed by atoms with Crippen molar-refractivity contribution >= 4 is 40.3 Å². The molecule has 0 amide bonds. The summed E-state index contributed by atoms with van der Waals surface area (Å²) in [6.07, 6.45) is -4.41. The van der Waals surface area contributed by atoms with Crippen molar-refractivity contribution in [1.29, 1.82) is 0 Å². The molecule has 3 rings (SSSR count). The van der Waals surface area contributed by atoms with Gasteiger partial charge in [0.25, 0.3) is 6.43 Å². The molecule has 4 nitrogen and oxygen atoms in total. The monoisotopic (exact) mass is 355 g/mol. The number of nitrogens with zero attached hydrogens (tertiary/aromatic N) is 2. The molecule has 0 N–H and O–H groups in total. The number of aromatic nitrogens is 2. The fourth-order valence-corrected chi connectivity index (χ4v) is 2.69. The summed E-state index contributed by atoms with van der Waals surface area (Å²) in [7, 11) is 0. The third-order valence-corrected chi connectivity index (χ3v) is 3.77. The van der Waals surface area contributed by atoms with E-state index in [0.29, 0.717) is 9.95 Å². The summed E-state index contributed by atoms with van der Waals surface area (Å²) in [5.74, 6) is 0. The first-order valence-corrected chi connectivity index (χ1v) is 7.11. The van der Waals surface area contributed by atoms with Crippen LogP contribution in [-0.2, 0) is 0 Å². The first kappa shape index (κ1) is 15.7. The third kappa shape index (κ3) is 2.75. The van der Waals surface area contributed by atoms with E-state index >= 15 is 0 Å². The topological polar surface area (TPSA) is 57.9 Å². The molecular weight excluding hydrogens is 349 g/mol. The Hall–Kier alpha value is -2.18. The molecule has 0 radical (unpaired) electrons. The molecule has 0 aliphatic rings. The highest BCUT2D eigenvalue weighted by molar-refractivity contribution is 6.31. The second-order valence-electron chi connectivity index (χ2n) is 4.71. The molecule has 23 heavy (non-hydrogen) atoms. The molecule has 0 saturated carbocycles. The number of fused-ring (bicyclic) bond motifs is 1. The van der Waals surface area contributed by atoms with Gasteiger partial charge in [0.05, 0.1) is 5.69 Å². The zero-order valence-electron chi connectivity index (χ0n) is 11.3. The molecule has 0 unspecified atom stereocenters. The Labute approximate surface area is 138 Å². The molecule has 0 aliphatic carbocycles. The molecule has 0 atom stereocenters. The molecule has 3 aromatic rings. The fraction of sp³-hybridized carbons (Fsp3) is 0.0667. The van der Waals surface area contributed by atoms with Gasteiger partial charge < -0.3 is 9.90 Å². The van der Waals surface area contributed by atoms with Gasteiger partial charge >= 0.3 is 0 Å². The Morgan fingerprint density at radius 2 is 1.91 bits per heavy atom. The van der Waals surface area contributed by atoms with Gasteiger partial charge in [0, 0.05) is 21.5 Å². The highest BCUT2D eigenvalue weighted by Crippen LogP contribution is 2.36. The Morgan fingerprint density at radius 3 is 2.57 bits per heavy atom. The summed E-state index contributed by atoms with van der Waals surface area (Å²) in [5.41, 5.74) is -0.350. The van der Waals surface area contributed by atoms with Gasteiger partial charge in [-0.3, -0.25) is 4.57 Å². The van der Waals surface area contributed by atoms with Crippen molar-refractivity contribution in [3.05, 3.63) is 52.1 Å². The Balaban J connectivity index is 2.39. The first-order chi connectivity index (χ1) is 10.9. The number of alkyl halides is 2. The maximum Gasteiger partial charge on any atom is 0.264 e. The zero-order valence-corrected chi connectivity index (χ0v) is 12.8. The molecule has 8 heteroatoms. The number of halogens is 4. The maximum atomic E-state index is 13.2. The van der Waals surface area contributed by atoms with Crippen molar-refractivity contribution in [2.24, 2.45) is 0 Å². The lowest BCUT2D eigenvalue weighted by molar-refractivity contribution is -0.249. The van der Waals surface area contributed by atoms with Crippen LogP contribution in [-0.4, -0.2) is 15.6 Å². The maximum absolute atomic E-state index is 13.2. The Kier molecular flexibility index (Phi) is 3.95. The standard InChI is InChI=1S/C15H8Cl2F2N2O2/c16-8-2-3-9(13(18)19)10(6-8)11-5-7-1-4-12(17)20-14(7)21(11)15(22)23/h1-6,13H,(H,22,23)/p-1. The molecule has 118 valence electrons. The van der Waals surface area contributed by atoms with Gasteiger partial charge in [0.2, 0.25) is 0 Å². The van der Waals surface area contributed by atoms with Crippen LogP contribution >= 0.6 is 23.2 Å². The third-order valence-electron chi connectivity index (χ3n) is 3.33. The normalized spacial score (nSPS) is 11.3. The fourth-order valence-electron chi connectivity index (χ4n) is 2.38. The van der Waals surface area contributed by atoms with Crippen molar-refractivity contribution in [1.82, 2.24) is 9.55 Å². The highest BCUT2D eigenvalue weighted by Gasteiger charge is 2.20. The van der Waals surface area contributed by atoms with Crippen LogP contribution in [0.4, 0.5) is 13.6 Å². The molecule has 2 heterocycles. The Bertz CT molecular complexity index is 925. The Morgan fingerprint density at radius 1 is 1.17 bits per heavy atom. The molecule has 0 aliphatic heterocycles. The van der Waals surface area contributed by atoms with E-state index < -0.39 is 12.5 Å². The molecular formula is C15H7Cl2F2N2O2-. The number of carboxylic acid groups (broad SMARTS) is 1. The number of hydrogen-bond acceptors (Lipinski definition) is 3. The minimum absolute atomic E-state index is 0.00688. The molecule has 0 bridgehead atoms. The van der Waals surface area contributed by atoms with Gasteiger partial charge in [-0.25, -0.2) is 13.8 Å². The van der Waals surface area contributed by atoms with Gasteiger partial charge in [-0.1, -0.05) is 29.3 Å². The quantitative estimate of drug-likeness (QED) is 0.649. The molecule has 0 saturated heterocycles. The van der Waals surface area contributed by atoms with E-state index in [1.165, 1.54) is 24.3 Å². The lowest BCUT2D eigenvalue weighted by atomic mass is 10.0. The van der Waals surface area contributed by atoms with E-state index in [1.54, 1.807) is 6.07 Å². The van der Waals surface area contributed by atoms with Gasteiger partial charge in [-0.05, 0) is 30.3 Å². The number of benzene rings is 1. The number of carbonyl (C=O) groups is 1. The molecule has 1 aromatic carbocycles. The second kappa shape index (κ2) is 5.79. The lowest BCUT2D eigenvalue weighted by Crippen LogP contribution is -2.29. The second-order valence-corrected chi connectivity index (χ2v) is 5.53. The number of hydrogen-bond donors (Lipinski definition) is 0. The van der Waals surface area contributed by atoms with Crippen molar-refractivity contribution in [3.8, 4) is 11.3 Å². The predicted molar refractivity (Wildman–Crippen MR) is 80.9 cm³/mol. The first-order valence-electron chi connectivity index (χ1n) is 6.36. The van der Waals surface area contributed by atoms with E-state index in [4.69, 9.17) is 23.2 Å². The minimum atomic E-state index is -2.80. The summed E-state index contributed by atoms with van der Waals surface area (Å²) in [6.45, 7) is 0. The highest BCUT2D eigenvalue weighted by atomic mass is 35.5. The summed E-state index contributed by atoms with van der Waals surface area (Å²) >= 11 is 11.7. The van der Waals surface area contributed by atoms with Crippen LogP contribution in [0.3, 0.4) is 0 Å². The largest absolute Gasteiger partial charge is 0.529 e. The van der Waals surface area contributed by atoms with Gasteiger partial charge in [0.1, 0.15) is 16.9 Å². The average molecular weight is 356 g/mol. The number of carbonyl (C=O) groups excluding carboxylic acids is 1. The van der Waals surface area contributed by atoms with Crippen molar-refractivity contribution in [2.75, 3.05) is 0 Å². The van der Waals surface area contributed by atoms with Crippen molar-refractivity contribution < 1.29 is 18.7 Å². The predicted octanol–water partition coefficient (Wildman–Crippen LogP) is 4.14. The van der Waals surface area contributed by atoms with E-state index in [2.05, 4.69) is 4.98 Å². The van der Waals surface area contributed by atoms with Crippen LogP contribution in [0, 0.1) is 0 Å². The van der Waals surface area contributed by atoms with E-state index in [9.17, 15) is 18.7 Å². The smallest absolute Gasteiger partial charge is 0.264 e. The van der Waals surface area contributed by atoms with Crippen molar-refractivity contribution in [3.63, 3.8) is 0 Å². The lowest BCUT2D eigenvalue weighted by Gasteiger charge is -2.14. The molecule has 0 spiro atoms. The van der Waals surface area contributed by atoms with Crippen LogP contribution in [0.25, 0.3) is 22.3 Å². The zero-order chi connectivity index (χ0) is 16.7. The molecule has 0 fully saturated rings. The van der Waals surface area contributed by atoms with Gasteiger partial charge in [0.15, 0.2) is 0 Å². The molecule has 2 aromatic heterocycles. The van der Waals surface area contributed by atoms with Crippen LogP contribution in [0.15, 0.2) is 36.4 Å². The van der Waals surface area contributed by atoms with Crippen LogP contribution in [0.1, 0.15) is 12.0 Å². The number of rotatable bonds is 2. The van der Waals surface area contributed by atoms with Crippen LogP contribution in [0.2, 0.25) is 10.2 Å². The van der Waals surface area contributed by atoms with E-state index in [1.807, 2.05) is 0 Å². The van der Waals surface area contributed by atoms with Gasteiger partial charge in [-0.2, -0.15) is 0 Å². The van der Waals surface area contributed by atoms with Crippen LogP contribution < -0.4 is 5.11 Å². The minimum Gasteiger partial charge on any atom is -0.529 e. The summed E-state index contributed by atoms with van der Waals surface area (Å²) in [4.78, 5) is 15.4. The van der Waals surface area contributed by atoms with E-state index in [-0.39, 0.29) is 32.6 Å². The van der Waals surface area contributed by atoms with Gasteiger partial charge in [-0.15, -0.1) is 0 Å². The average Bonchev–Trinajstić information content (AvgIpc) is 2.85. The van der Waals surface area contributed by atoms with E-state index in [0.717, 1.165) is 6.07 Å². The number of pyridine rings is 1. The van der Waals surface area contributed by atoms with Crippen LogP contribution in [0.5, 0.6) is 0 Å². The summed E-state index contributed by atoms with van der Waals surface area (Å²) in [5, 5.41) is 12.2. The van der Waals surface area contributed by atoms with Crippen molar-refractivity contribution in [2.45, 2.75) is 6.43 Å². The summed E-state index contributed by atoms with van der Waals surface area (Å²) in [6, 6.07) is 8.18. The SMILES string of the molecule is O=C([O-])n1c(-c2cc(Cl)ccc2C(F)F)cc2ccc(Cl)nc21.